The first-order valence-corrected chi connectivity index (χ1v) is 35.1. The van der Waals surface area contributed by atoms with Crippen molar-refractivity contribution in [2.45, 2.75) is 322 Å². The van der Waals surface area contributed by atoms with E-state index in [1.807, 2.05) is 0 Å². The first-order valence-electron chi connectivity index (χ1n) is 31.8. The van der Waals surface area contributed by atoms with Crippen LogP contribution >= 0.6 is 45.3 Å². The molecule has 4 aromatic heterocycles. The Balaban J connectivity index is 1.06. The summed E-state index contributed by atoms with van der Waals surface area (Å²) < 4.78 is 6.54. The van der Waals surface area contributed by atoms with Gasteiger partial charge in [0.05, 0.1) is 9.40 Å². The highest BCUT2D eigenvalue weighted by Gasteiger charge is 2.50. The van der Waals surface area contributed by atoms with Gasteiger partial charge in [-0.3, -0.25) is 0 Å². The summed E-state index contributed by atoms with van der Waals surface area (Å²) in [6.45, 7) is 14.4. The largest absolute Gasteiger partial charge is 0.139 e. The monoisotopic (exact) mass is 1050 g/mol. The third-order valence-electron chi connectivity index (χ3n) is 17.8. The van der Waals surface area contributed by atoms with Gasteiger partial charge in [-0.2, -0.15) is 0 Å². The number of benzene rings is 1. The van der Waals surface area contributed by atoms with Crippen LogP contribution in [0.2, 0.25) is 0 Å². The lowest BCUT2D eigenvalue weighted by molar-refractivity contribution is 0.414. The minimum atomic E-state index is 0.134. The number of hydrogen-bond donors (Lipinski definition) is 0. The second kappa shape index (κ2) is 31.1. The maximum Gasteiger partial charge on any atom is 0.0501 e. The van der Waals surface area contributed by atoms with Crippen molar-refractivity contribution in [3.05, 3.63) is 56.3 Å². The van der Waals surface area contributed by atoms with Gasteiger partial charge >= 0.3 is 0 Å². The normalized spacial score (nSPS) is 14.3. The van der Waals surface area contributed by atoms with Gasteiger partial charge in [0.15, 0.2) is 0 Å². The zero-order valence-electron chi connectivity index (χ0n) is 47.6. The molecule has 0 spiro atoms. The van der Waals surface area contributed by atoms with Gasteiger partial charge in [-0.25, -0.2) is 0 Å². The van der Waals surface area contributed by atoms with Gasteiger partial charge in [0.25, 0.3) is 0 Å². The number of rotatable bonds is 42. The average molecular weight is 1050 g/mol. The van der Waals surface area contributed by atoms with Gasteiger partial charge in [0.1, 0.15) is 0 Å². The number of hydrogen-bond acceptors (Lipinski definition) is 4. The van der Waals surface area contributed by atoms with Gasteiger partial charge < -0.3 is 0 Å². The number of aryl methyl sites for hydroxylation is 2. The molecule has 5 aromatic rings. The Morgan fingerprint density at radius 1 is 0.292 bits per heavy atom. The maximum atomic E-state index is 2.87. The number of fused-ring (bicyclic) bond motifs is 10. The van der Waals surface area contributed by atoms with Crippen LogP contribution in [0.25, 0.3) is 39.7 Å². The van der Waals surface area contributed by atoms with E-state index >= 15 is 0 Å². The van der Waals surface area contributed by atoms with Crippen molar-refractivity contribution >= 4 is 64.1 Å². The molecule has 1 aromatic carbocycles. The molecule has 72 heavy (non-hydrogen) atoms. The van der Waals surface area contributed by atoms with Gasteiger partial charge in [0, 0.05) is 39.7 Å². The van der Waals surface area contributed by atoms with E-state index < -0.39 is 0 Å². The molecule has 0 atom stereocenters. The van der Waals surface area contributed by atoms with E-state index in [4.69, 9.17) is 0 Å². The van der Waals surface area contributed by atoms with Crippen LogP contribution in [0, 0.1) is 0 Å². The Kier molecular flexibility index (Phi) is 25.1. The van der Waals surface area contributed by atoms with E-state index in [-0.39, 0.29) is 10.8 Å². The molecule has 2 aliphatic rings. The second-order valence-electron chi connectivity index (χ2n) is 23.6. The molecule has 0 N–H and O–H groups in total. The van der Waals surface area contributed by atoms with Crippen LogP contribution in [0.15, 0.2) is 24.3 Å². The van der Waals surface area contributed by atoms with Crippen LogP contribution in [-0.2, 0) is 23.7 Å². The van der Waals surface area contributed by atoms with Gasteiger partial charge in [0.2, 0.25) is 0 Å². The summed E-state index contributed by atoms with van der Waals surface area (Å²) in [5.74, 6) is 0. The van der Waals surface area contributed by atoms with Crippen molar-refractivity contribution in [2.75, 3.05) is 0 Å². The molecule has 0 radical (unpaired) electrons. The molecule has 2 aliphatic carbocycles. The van der Waals surface area contributed by atoms with Gasteiger partial charge in [-0.1, -0.05) is 260 Å². The maximum absolute atomic E-state index is 2.87. The fraction of sp³-hybridized carbons (Fsp3) is 0.735. The summed E-state index contributed by atoms with van der Waals surface area (Å²) in [7, 11) is 0. The molecule has 402 valence electrons. The molecule has 0 amide bonds. The Hall–Kier alpha value is -1.46. The minimum absolute atomic E-state index is 0.134. The SMILES string of the molecule is CCCCCCCCCCCCCCCCc1cc2sc3c(c2s1)C(CCCC)(CCCC)c1cc2c(cc1-3)C(CCCC)(CCCC)c1c-2sc2cc(CCCCCCCCCCCCCCCC)sc12. The predicted molar refractivity (Wildman–Crippen MR) is 332 cm³/mol. The third-order valence-corrected chi connectivity index (χ3v) is 22.9. The smallest absolute Gasteiger partial charge is 0.0501 e. The van der Waals surface area contributed by atoms with E-state index in [0.29, 0.717) is 0 Å². The highest BCUT2D eigenvalue weighted by molar-refractivity contribution is 7.30. The van der Waals surface area contributed by atoms with Crippen molar-refractivity contribution in [3.8, 4) is 20.9 Å². The molecule has 7 rings (SSSR count). The lowest BCUT2D eigenvalue weighted by atomic mass is 9.69. The minimum Gasteiger partial charge on any atom is -0.139 e. The number of unbranched alkanes of at least 4 members (excludes halogenated alkanes) is 30. The summed E-state index contributed by atoms with van der Waals surface area (Å²) in [4.78, 5) is 6.63. The molecule has 4 heteroatoms. The summed E-state index contributed by atoms with van der Waals surface area (Å²) in [5.41, 5.74) is 10.5. The zero-order valence-corrected chi connectivity index (χ0v) is 50.9. The van der Waals surface area contributed by atoms with Crippen molar-refractivity contribution < 1.29 is 0 Å². The number of thiophene rings is 4. The second-order valence-corrected chi connectivity index (χ2v) is 28.0. The lowest BCUT2D eigenvalue weighted by Gasteiger charge is -2.34. The highest BCUT2D eigenvalue weighted by Crippen LogP contribution is 2.66. The van der Waals surface area contributed by atoms with E-state index in [9.17, 15) is 0 Å². The molecular formula is C68H106S4. The van der Waals surface area contributed by atoms with E-state index in [1.165, 1.54) is 270 Å². The third kappa shape index (κ3) is 14.6. The van der Waals surface area contributed by atoms with Crippen LogP contribution in [0.4, 0.5) is 0 Å². The van der Waals surface area contributed by atoms with Crippen LogP contribution < -0.4 is 0 Å². The Morgan fingerprint density at radius 3 is 0.833 bits per heavy atom. The van der Waals surface area contributed by atoms with E-state index in [1.54, 1.807) is 71.7 Å². The highest BCUT2D eigenvalue weighted by atomic mass is 32.1. The molecule has 0 saturated heterocycles. The molecule has 0 bridgehead atoms. The molecule has 0 fully saturated rings. The summed E-state index contributed by atoms with van der Waals surface area (Å²) in [6, 6.07) is 11.1. The van der Waals surface area contributed by atoms with Gasteiger partial charge in [-0.05, 0) is 109 Å². The van der Waals surface area contributed by atoms with Gasteiger partial charge in [-0.15, -0.1) is 45.3 Å². The van der Waals surface area contributed by atoms with E-state index in [2.05, 4.69) is 111 Å². The van der Waals surface area contributed by atoms with E-state index in [0.717, 1.165) is 0 Å². The molecule has 4 heterocycles. The van der Waals surface area contributed by atoms with Crippen LogP contribution in [0.5, 0.6) is 0 Å². The molecule has 0 saturated carbocycles. The lowest BCUT2D eigenvalue weighted by Crippen LogP contribution is -2.27. The standard InChI is InChI=1S/C68H106S4/c1-7-13-19-21-23-25-27-29-31-33-35-37-39-41-43-53-49-59-65(69-53)61-63(71-59)55-51-58-56(52-57(55)67(61,45-15-9-3)46-16-10-4)64-62(68(58,47-17-11-5)48-18-12-6)66-60(72-64)50-54(70-66)44-42-40-38-36-34-32-30-28-26-24-22-20-14-8-2/h49-52H,7-48H2,1-6H3. The quantitative estimate of drug-likeness (QED) is 0.0342. The Morgan fingerprint density at radius 2 is 0.556 bits per heavy atom. The van der Waals surface area contributed by atoms with Crippen LogP contribution in [0.1, 0.15) is 330 Å². The zero-order chi connectivity index (χ0) is 50.4. The summed E-state index contributed by atoms with van der Waals surface area (Å²) in [6.07, 6.45) is 58.2. The predicted octanol–water partition coefficient (Wildman–Crippen LogP) is 25.6. The fourth-order valence-corrected chi connectivity index (χ4v) is 19.5. The van der Waals surface area contributed by atoms with Crippen LogP contribution in [0.3, 0.4) is 0 Å². The molecule has 0 unspecified atom stereocenters. The molecule has 0 aliphatic heterocycles. The topological polar surface area (TPSA) is 0 Å². The summed E-state index contributed by atoms with van der Waals surface area (Å²) >= 11 is 8.80. The Labute approximate surface area is 460 Å². The molecule has 0 nitrogen and oxygen atoms in total. The van der Waals surface area contributed by atoms with Crippen molar-refractivity contribution in [3.63, 3.8) is 0 Å². The fourth-order valence-electron chi connectivity index (χ4n) is 13.6. The Bertz CT molecular complexity index is 2110. The van der Waals surface area contributed by atoms with Crippen molar-refractivity contribution in [1.29, 1.82) is 0 Å². The molecular weight excluding hydrogens is 945 g/mol. The first kappa shape index (κ1) is 58.2. The van der Waals surface area contributed by atoms with Crippen molar-refractivity contribution in [1.82, 2.24) is 0 Å². The van der Waals surface area contributed by atoms with Crippen molar-refractivity contribution in [2.24, 2.45) is 0 Å². The average Bonchev–Trinajstić information content (AvgIpc) is 4.23. The summed E-state index contributed by atoms with van der Waals surface area (Å²) in [5, 5.41) is 0. The van der Waals surface area contributed by atoms with Crippen LogP contribution in [-0.4, -0.2) is 0 Å². The first-order chi connectivity index (χ1) is 35.5.